The number of benzene rings is 1. The predicted molar refractivity (Wildman–Crippen MR) is 87.3 cm³/mol. The molecule has 25 heavy (non-hydrogen) atoms. The third kappa shape index (κ3) is 4.08. The highest BCUT2D eigenvalue weighted by Crippen LogP contribution is 2.42. The van der Waals surface area contributed by atoms with Crippen LogP contribution in [0.15, 0.2) is 12.1 Å². The van der Waals surface area contributed by atoms with Crippen LogP contribution in [0.25, 0.3) is 0 Å². The molecule has 8 nitrogen and oxygen atoms in total. The molecule has 0 aromatic heterocycles. The van der Waals surface area contributed by atoms with Crippen molar-refractivity contribution in [1.29, 1.82) is 0 Å². The first-order chi connectivity index (χ1) is 11.7. The second-order valence-electron chi connectivity index (χ2n) is 5.63. The number of aliphatic hydroxyl groups excluding tert-OH is 1. The van der Waals surface area contributed by atoms with Gasteiger partial charge in [-0.3, -0.25) is 9.59 Å². The van der Waals surface area contributed by atoms with Crippen LogP contribution in [0.1, 0.15) is 33.3 Å². The number of hydrogen-bond acceptors (Lipinski definition) is 8. The number of fused-ring (bicyclic) bond motifs is 1. The first kappa shape index (κ1) is 18.7. The van der Waals surface area contributed by atoms with Gasteiger partial charge < -0.3 is 24.2 Å². The maximum Gasteiger partial charge on any atom is 0.329 e. The van der Waals surface area contributed by atoms with Crippen LogP contribution in [0.4, 0.5) is 5.69 Å². The minimum atomic E-state index is -0.972. The number of nitrogens with zero attached hydrogens (tertiary/aromatic N) is 1. The van der Waals surface area contributed by atoms with E-state index in [1.807, 2.05) is 0 Å². The van der Waals surface area contributed by atoms with Crippen LogP contribution in [0.3, 0.4) is 0 Å². The van der Waals surface area contributed by atoms with Gasteiger partial charge in [0.1, 0.15) is 12.3 Å². The first-order valence-corrected chi connectivity index (χ1v) is 7.91. The number of aliphatic hydroxyl groups is 1. The van der Waals surface area contributed by atoms with Crippen molar-refractivity contribution in [3.8, 4) is 11.5 Å². The smallest absolute Gasteiger partial charge is 0.329 e. The largest absolute Gasteiger partial charge is 0.464 e. The summed E-state index contributed by atoms with van der Waals surface area (Å²) in [6.45, 7) is 5.89. The summed E-state index contributed by atoms with van der Waals surface area (Å²) in [5.74, 6) is -1.51. The molecule has 1 N–H and O–H groups in total. The van der Waals surface area contributed by atoms with Crippen molar-refractivity contribution in [1.82, 2.24) is 0 Å². The molecule has 1 heterocycles. The van der Waals surface area contributed by atoms with E-state index in [0.717, 1.165) is 0 Å². The topological polar surface area (TPSA) is 102 Å². The Balaban J connectivity index is 2.49. The number of carbonyl (C=O) groups is 3. The highest BCUT2D eigenvalue weighted by molar-refractivity contribution is 5.85. The van der Waals surface area contributed by atoms with Crippen molar-refractivity contribution < 1.29 is 33.7 Å². The van der Waals surface area contributed by atoms with E-state index in [0.29, 0.717) is 11.3 Å². The minimum Gasteiger partial charge on any atom is -0.464 e. The lowest BCUT2D eigenvalue weighted by Gasteiger charge is -2.29. The number of anilines is 1. The van der Waals surface area contributed by atoms with Gasteiger partial charge in [-0.2, -0.15) is 0 Å². The van der Waals surface area contributed by atoms with Gasteiger partial charge in [-0.15, -0.1) is 0 Å². The fraction of sp³-hybridized carbons (Fsp3) is 0.471. The first-order valence-electron chi connectivity index (χ1n) is 7.91. The summed E-state index contributed by atoms with van der Waals surface area (Å²) >= 11 is 0. The number of esters is 3. The Kier molecular flexibility index (Phi) is 5.63. The zero-order valence-electron chi connectivity index (χ0n) is 14.6. The van der Waals surface area contributed by atoms with Gasteiger partial charge in [0.25, 0.3) is 0 Å². The summed E-state index contributed by atoms with van der Waals surface area (Å²) in [6.07, 6.45) is -0.700. The van der Waals surface area contributed by atoms with Crippen LogP contribution >= 0.6 is 0 Å². The Bertz CT molecular complexity index is 698. The molecule has 2 atom stereocenters. The molecular formula is C17H21NO7. The Morgan fingerprint density at radius 1 is 1.20 bits per heavy atom. The summed E-state index contributed by atoms with van der Waals surface area (Å²) in [4.78, 5) is 36.3. The van der Waals surface area contributed by atoms with Crippen molar-refractivity contribution in [3.63, 3.8) is 0 Å². The van der Waals surface area contributed by atoms with E-state index in [-0.39, 0.29) is 24.5 Å². The van der Waals surface area contributed by atoms with Gasteiger partial charge in [0.2, 0.25) is 0 Å². The zero-order valence-corrected chi connectivity index (χ0v) is 14.6. The molecule has 0 saturated carbocycles. The number of ether oxygens (including phenoxy) is 3. The SMILES string of the molecule is CCOC(=O)C1Cc2cc(OC(C)=O)c(OC(C)=O)cc2N1C(C)O. The molecule has 2 rings (SSSR count). The average Bonchev–Trinajstić information content (AvgIpc) is 2.85. The fourth-order valence-corrected chi connectivity index (χ4v) is 2.84. The third-order valence-electron chi connectivity index (χ3n) is 3.64. The molecule has 0 aliphatic carbocycles. The molecule has 1 aromatic rings. The van der Waals surface area contributed by atoms with Crippen molar-refractivity contribution >= 4 is 23.6 Å². The van der Waals surface area contributed by atoms with Crippen LogP contribution in [0.5, 0.6) is 11.5 Å². The standard InChI is InChI=1S/C17H21NO7/c1-5-23-17(22)14-6-12-7-15(24-10(3)20)16(25-11(4)21)8-13(12)18(14)9(2)19/h7-9,14,19H,5-6H2,1-4H3. The lowest BCUT2D eigenvalue weighted by Crippen LogP contribution is -2.45. The third-order valence-corrected chi connectivity index (χ3v) is 3.64. The molecule has 0 bridgehead atoms. The van der Waals surface area contributed by atoms with Gasteiger partial charge in [-0.05, 0) is 25.5 Å². The second kappa shape index (κ2) is 7.52. The molecule has 8 heteroatoms. The molecule has 1 aromatic carbocycles. The van der Waals surface area contributed by atoms with E-state index in [1.54, 1.807) is 6.92 Å². The quantitative estimate of drug-likeness (QED) is 0.623. The monoisotopic (exact) mass is 351 g/mol. The molecule has 0 saturated heterocycles. The lowest BCUT2D eigenvalue weighted by molar-refractivity contribution is -0.145. The van der Waals surface area contributed by atoms with Gasteiger partial charge in [0.15, 0.2) is 11.5 Å². The van der Waals surface area contributed by atoms with Crippen molar-refractivity contribution in [2.45, 2.75) is 46.4 Å². The zero-order chi connectivity index (χ0) is 18.7. The molecule has 0 amide bonds. The Morgan fingerprint density at radius 2 is 1.76 bits per heavy atom. The maximum atomic E-state index is 12.2. The number of hydrogen-bond donors (Lipinski definition) is 1. The molecule has 0 radical (unpaired) electrons. The Morgan fingerprint density at radius 3 is 2.24 bits per heavy atom. The molecular weight excluding hydrogens is 330 g/mol. The molecule has 1 aliphatic rings. The van der Waals surface area contributed by atoms with Crippen molar-refractivity contribution in [2.75, 3.05) is 11.5 Å². The van der Waals surface area contributed by atoms with Crippen LogP contribution in [-0.4, -0.2) is 41.9 Å². The molecule has 0 fully saturated rings. The maximum absolute atomic E-state index is 12.2. The minimum absolute atomic E-state index is 0.0385. The van der Waals surface area contributed by atoms with Gasteiger partial charge in [-0.25, -0.2) is 4.79 Å². The highest BCUT2D eigenvalue weighted by Gasteiger charge is 2.39. The molecule has 0 spiro atoms. The Hall–Kier alpha value is -2.61. The second-order valence-corrected chi connectivity index (χ2v) is 5.63. The average molecular weight is 351 g/mol. The van der Waals surface area contributed by atoms with Gasteiger partial charge in [-0.1, -0.05) is 0 Å². The normalized spacial score (nSPS) is 16.8. The van der Waals surface area contributed by atoms with Crippen LogP contribution in [0.2, 0.25) is 0 Å². The van der Waals surface area contributed by atoms with E-state index in [1.165, 1.54) is 37.8 Å². The summed E-state index contributed by atoms with van der Waals surface area (Å²) < 4.78 is 15.3. The molecule has 2 unspecified atom stereocenters. The van der Waals surface area contributed by atoms with Crippen molar-refractivity contribution in [3.05, 3.63) is 17.7 Å². The van der Waals surface area contributed by atoms with Gasteiger partial charge >= 0.3 is 17.9 Å². The lowest BCUT2D eigenvalue weighted by atomic mass is 10.1. The molecule has 1 aliphatic heterocycles. The summed E-state index contributed by atoms with van der Waals surface area (Å²) in [6, 6.07) is 2.29. The van der Waals surface area contributed by atoms with E-state index in [9.17, 15) is 19.5 Å². The molecule has 136 valence electrons. The fourth-order valence-electron chi connectivity index (χ4n) is 2.84. The summed E-state index contributed by atoms with van der Waals surface area (Å²) in [7, 11) is 0. The highest BCUT2D eigenvalue weighted by atomic mass is 16.6. The van der Waals surface area contributed by atoms with Crippen LogP contribution in [0, 0.1) is 0 Å². The van der Waals surface area contributed by atoms with Crippen molar-refractivity contribution in [2.24, 2.45) is 0 Å². The van der Waals surface area contributed by atoms with E-state index in [4.69, 9.17) is 14.2 Å². The van der Waals surface area contributed by atoms with E-state index < -0.39 is 30.2 Å². The number of rotatable bonds is 5. The van der Waals surface area contributed by atoms with Gasteiger partial charge in [0.05, 0.1) is 6.61 Å². The summed E-state index contributed by atoms with van der Waals surface area (Å²) in [5, 5.41) is 10.1. The van der Waals surface area contributed by atoms with Gasteiger partial charge in [0, 0.05) is 32.0 Å². The van der Waals surface area contributed by atoms with Crippen LogP contribution in [-0.2, 0) is 25.5 Å². The summed E-state index contributed by atoms with van der Waals surface area (Å²) in [5.41, 5.74) is 1.19. The van der Waals surface area contributed by atoms with E-state index in [2.05, 4.69) is 0 Å². The van der Waals surface area contributed by atoms with Crippen LogP contribution < -0.4 is 14.4 Å². The predicted octanol–water partition coefficient (Wildman–Crippen LogP) is 1.17. The van der Waals surface area contributed by atoms with E-state index >= 15 is 0 Å². The number of carbonyl (C=O) groups excluding carboxylic acids is 3. The Labute approximate surface area is 145 Å².